The van der Waals surface area contributed by atoms with Crippen LogP contribution in [0.2, 0.25) is 0 Å². The van der Waals surface area contributed by atoms with Gasteiger partial charge in [-0.2, -0.15) is 0 Å². The third kappa shape index (κ3) is 2.82. The molecule has 2 aliphatic rings. The summed E-state index contributed by atoms with van der Waals surface area (Å²) in [6, 6.07) is 0. The van der Waals surface area contributed by atoms with Gasteiger partial charge >= 0.3 is 0 Å². The van der Waals surface area contributed by atoms with E-state index in [0.717, 1.165) is 0 Å². The van der Waals surface area contributed by atoms with Crippen molar-refractivity contribution in [3.05, 3.63) is 0 Å². The number of aliphatic hydroxyl groups is 5. The molecule has 0 amide bonds. The van der Waals surface area contributed by atoms with E-state index in [-0.39, 0.29) is 0 Å². The maximum atomic E-state index is 9.95. The summed E-state index contributed by atoms with van der Waals surface area (Å²) >= 11 is 0. The lowest BCUT2D eigenvalue weighted by Crippen LogP contribution is -2.43. The van der Waals surface area contributed by atoms with Gasteiger partial charge in [0.2, 0.25) is 0 Å². The predicted molar refractivity (Wildman–Crippen MR) is 61.4 cm³/mol. The second-order valence-corrected chi connectivity index (χ2v) is 4.76. The van der Waals surface area contributed by atoms with Gasteiger partial charge in [-0.1, -0.05) is 0 Å². The zero-order valence-electron chi connectivity index (χ0n) is 10.9. The largest absolute Gasteiger partial charge is 0.394 e. The molecular formula is C11H20O9. The molecule has 9 nitrogen and oxygen atoms in total. The third-order valence-corrected chi connectivity index (χ3v) is 3.49. The van der Waals surface area contributed by atoms with Crippen LogP contribution in [0.4, 0.5) is 0 Å². The molecule has 9 heteroatoms. The first kappa shape index (κ1) is 16.0. The van der Waals surface area contributed by atoms with Crippen LogP contribution in [0, 0.1) is 0 Å². The molecule has 5 N–H and O–H groups in total. The van der Waals surface area contributed by atoms with Crippen molar-refractivity contribution < 1.29 is 44.5 Å². The molecule has 0 bridgehead atoms. The summed E-state index contributed by atoms with van der Waals surface area (Å²) < 4.78 is 20.6. The van der Waals surface area contributed by atoms with E-state index in [9.17, 15) is 20.4 Å². The molecule has 0 spiro atoms. The van der Waals surface area contributed by atoms with Gasteiger partial charge in [0.1, 0.15) is 36.6 Å². The van der Waals surface area contributed by atoms with Crippen molar-refractivity contribution >= 4 is 0 Å². The normalized spacial score (nSPS) is 48.9. The Morgan fingerprint density at radius 2 is 1.45 bits per heavy atom. The minimum Gasteiger partial charge on any atom is -0.394 e. The topological polar surface area (TPSA) is 138 Å². The summed E-state index contributed by atoms with van der Waals surface area (Å²) in [5.74, 6) is 0. The first-order chi connectivity index (χ1) is 9.53. The molecule has 2 saturated heterocycles. The van der Waals surface area contributed by atoms with Crippen LogP contribution in [0.1, 0.15) is 0 Å². The van der Waals surface area contributed by atoms with Crippen LogP contribution in [-0.4, -0.2) is 95.1 Å². The van der Waals surface area contributed by atoms with Crippen LogP contribution >= 0.6 is 0 Å². The van der Waals surface area contributed by atoms with Crippen molar-refractivity contribution in [1.29, 1.82) is 0 Å². The highest BCUT2D eigenvalue weighted by Gasteiger charge is 2.50. The summed E-state index contributed by atoms with van der Waals surface area (Å²) in [5.41, 5.74) is 0. The van der Waals surface area contributed by atoms with Gasteiger partial charge in [-0.05, 0) is 0 Å². The Kier molecular flexibility index (Phi) is 5.29. The summed E-state index contributed by atoms with van der Waals surface area (Å²) in [6.07, 6.45) is -8.87. The Morgan fingerprint density at radius 3 is 1.95 bits per heavy atom. The average molecular weight is 296 g/mol. The van der Waals surface area contributed by atoms with Gasteiger partial charge in [0, 0.05) is 7.11 Å². The number of hydrogen-bond acceptors (Lipinski definition) is 9. The first-order valence-electron chi connectivity index (χ1n) is 6.28. The molecule has 0 aromatic carbocycles. The summed E-state index contributed by atoms with van der Waals surface area (Å²) in [4.78, 5) is 0. The molecule has 2 heterocycles. The van der Waals surface area contributed by atoms with Gasteiger partial charge in [-0.25, -0.2) is 0 Å². The molecule has 2 aliphatic heterocycles. The van der Waals surface area contributed by atoms with Crippen LogP contribution in [0.15, 0.2) is 0 Å². The van der Waals surface area contributed by atoms with Crippen molar-refractivity contribution in [2.45, 2.75) is 49.2 Å². The number of aliphatic hydroxyl groups excluding tert-OH is 5. The zero-order chi connectivity index (χ0) is 14.9. The quantitative estimate of drug-likeness (QED) is 0.350. The standard InChI is InChI=1S/C11H20O9/c1-17-10-8(16)9(5(3-13)19-10)20-11-7(15)6(14)4(2-12)18-11/h4-16H,2-3H2,1H3/t4-,5-,6-,7+,8+,9-,10+,11-/m0/s1. The van der Waals surface area contributed by atoms with E-state index in [4.69, 9.17) is 24.1 Å². The summed E-state index contributed by atoms with van der Waals surface area (Å²) in [7, 11) is 1.33. The fraction of sp³-hybridized carbons (Fsp3) is 1.00. The van der Waals surface area contributed by atoms with Crippen molar-refractivity contribution in [2.75, 3.05) is 20.3 Å². The van der Waals surface area contributed by atoms with Crippen LogP contribution < -0.4 is 0 Å². The van der Waals surface area contributed by atoms with E-state index < -0.39 is 62.4 Å². The van der Waals surface area contributed by atoms with Crippen molar-refractivity contribution in [2.24, 2.45) is 0 Å². The van der Waals surface area contributed by atoms with E-state index in [1.807, 2.05) is 0 Å². The maximum Gasteiger partial charge on any atom is 0.187 e. The zero-order valence-corrected chi connectivity index (χ0v) is 10.9. The van der Waals surface area contributed by atoms with E-state index >= 15 is 0 Å². The molecule has 118 valence electrons. The van der Waals surface area contributed by atoms with E-state index in [1.54, 1.807) is 0 Å². The van der Waals surface area contributed by atoms with Crippen LogP contribution in [-0.2, 0) is 18.9 Å². The monoisotopic (exact) mass is 296 g/mol. The summed E-state index contributed by atoms with van der Waals surface area (Å²) in [5, 5.41) is 47.5. The smallest absolute Gasteiger partial charge is 0.187 e. The van der Waals surface area contributed by atoms with Crippen molar-refractivity contribution in [1.82, 2.24) is 0 Å². The molecular weight excluding hydrogens is 276 g/mol. The molecule has 0 saturated carbocycles. The van der Waals surface area contributed by atoms with E-state index in [2.05, 4.69) is 0 Å². The van der Waals surface area contributed by atoms with E-state index in [0.29, 0.717) is 0 Å². The van der Waals surface area contributed by atoms with Gasteiger partial charge in [0.25, 0.3) is 0 Å². The minimum absolute atomic E-state index is 0.420. The molecule has 20 heavy (non-hydrogen) atoms. The Bertz CT molecular complexity index is 312. The highest BCUT2D eigenvalue weighted by molar-refractivity contribution is 4.92. The second-order valence-electron chi connectivity index (χ2n) is 4.76. The SMILES string of the molecule is CO[C@@H]1O[C@@H](CO)[C@H](O[C@@H]2O[C@@H](CO)[C@H](O)[C@H]2O)[C@H]1O. The van der Waals surface area contributed by atoms with Gasteiger partial charge in [0.15, 0.2) is 12.6 Å². The molecule has 0 aromatic rings. The van der Waals surface area contributed by atoms with Gasteiger partial charge in [-0.3, -0.25) is 0 Å². The number of ether oxygens (including phenoxy) is 4. The molecule has 8 atom stereocenters. The number of rotatable bonds is 5. The Morgan fingerprint density at radius 1 is 0.850 bits per heavy atom. The maximum absolute atomic E-state index is 9.95. The predicted octanol–water partition coefficient (Wildman–Crippen LogP) is -3.46. The Labute approximate surface area is 115 Å². The Balaban J connectivity index is 2.01. The average Bonchev–Trinajstić information content (AvgIpc) is 2.91. The molecule has 2 rings (SSSR count). The van der Waals surface area contributed by atoms with Crippen LogP contribution in [0.25, 0.3) is 0 Å². The highest BCUT2D eigenvalue weighted by atomic mass is 16.8. The fourth-order valence-electron chi connectivity index (χ4n) is 2.35. The van der Waals surface area contributed by atoms with Crippen LogP contribution in [0.5, 0.6) is 0 Å². The first-order valence-corrected chi connectivity index (χ1v) is 6.28. The van der Waals surface area contributed by atoms with Crippen LogP contribution in [0.3, 0.4) is 0 Å². The summed E-state index contributed by atoms with van der Waals surface area (Å²) in [6.45, 7) is -0.900. The number of methoxy groups -OCH3 is 1. The Hall–Kier alpha value is -0.360. The fourth-order valence-corrected chi connectivity index (χ4v) is 2.35. The molecule has 0 aromatic heterocycles. The molecule has 0 aliphatic carbocycles. The lowest BCUT2D eigenvalue weighted by Gasteiger charge is -2.24. The van der Waals surface area contributed by atoms with Gasteiger partial charge < -0.3 is 44.5 Å². The minimum atomic E-state index is -1.37. The van der Waals surface area contributed by atoms with Crippen molar-refractivity contribution in [3.63, 3.8) is 0 Å². The second kappa shape index (κ2) is 6.60. The molecule has 0 unspecified atom stereocenters. The lowest BCUT2D eigenvalue weighted by molar-refractivity contribution is -0.215. The molecule has 0 radical (unpaired) electrons. The van der Waals surface area contributed by atoms with Crippen molar-refractivity contribution in [3.8, 4) is 0 Å². The van der Waals surface area contributed by atoms with Gasteiger partial charge in [-0.15, -0.1) is 0 Å². The lowest BCUT2D eigenvalue weighted by atomic mass is 10.1. The van der Waals surface area contributed by atoms with Gasteiger partial charge in [0.05, 0.1) is 13.2 Å². The third-order valence-electron chi connectivity index (χ3n) is 3.49. The number of hydrogen-bond donors (Lipinski definition) is 5. The van der Waals surface area contributed by atoms with E-state index in [1.165, 1.54) is 7.11 Å². The highest BCUT2D eigenvalue weighted by Crippen LogP contribution is 2.29. The molecule has 2 fully saturated rings.